The molecule has 3 aromatic rings. The van der Waals surface area contributed by atoms with Gasteiger partial charge in [0, 0.05) is 42.5 Å². The Morgan fingerprint density at radius 3 is 2.15 bits per heavy atom. The first-order valence-electron chi connectivity index (χ1n) is 12.6. The Kier molecular flexibility index (Phi) is 9.54. The van der Waals surface area contributed by atoms with E-state index in [9.17, 15) is 14.7 Å². The Morgan fingerprint density at radius 1 is 1.00 bits per heavy atom. The molecule has 1 atom stereocenters. The minimum Gasteiger partial charge on any atom is -0.508 e. The Morgan fingerprint density at radius 2 is 1.60 bits per heavy atom. The summed E-state index contributed by atoms with van der Waals surface area (Å²) in [6.07, 6.45) is -0.245. The standard InChI is InChI=1S/C29H34FN5O5/c1-6-39-24-15-22(23(30)16-25(24)40-17(2)3)26(33-20-11-7-18(8-12-20)27(31)32)29(38)35(5)34(4)28(37)19-9-13-21(36)14-10-19/h7-17,26,33,36H,6H2,1-5H3,(H3,31,32). The van der Waals surface area contributed by atoms with E-state index in [1.54, 1.807) is 45.0 Å². The number of likely N-dealkylation sites (N-methyl/N-ethyl adjacent to an activating group) is 1. The summed E-state index contributed by atoms with van der Waals surface area (Å²) in [4.78, 5) is 26.9. The SMILES string of the molecule is CCOc1cc(C(Nc2ccc(C(=N)N)cc2)C(=O)N(C)N(C)C(=O)c2ccc(O)cc2)c(F)cc1OC(C)C. The number of nitrogens with zero attached hydrogens (tertiary/aromatic N) is 2. The van der Waals surface area contributed by atoms with Crippen LogP contribution < -0.4 is 20.5 Å². The molecule has 10 nitrogen and oxygen atoms in total. The number of rotatable bonds is 10. The van der Waals surface area contributed by atoms with E-state index in [0.717, 1.165) is 10.0 Å². The Bertz CT molecular complexity index is 1360. The van der Waals surface area contributed by atoms with Crippen molar-refractivity contribution in [2.24, 2.45) is 5.73 Å². The molecule has 5 N–H and O–H groups in total. The summed E-state index contributed by atoms with van der Waals surface area (Å²) < 4.78 is 27.1. The minimum absolute atomic E-state index is 0.00541. The molecule has 2 amide bonds. The van der Waals surface area contributed by atoms with Crippen LogP contribution >= 0.6 is 0 Å². The second kappa shape index (κ2) is 12.8. The predicted molar refractivity (Wildman–Crippen MR) is 150 cm³/mol. The molecule has 0 aliphatic heterocycles. The Labute approximate surface area is 232 Å². The zero-order valence-corrected chi connectivity index (χ0v) is 23.1. The van der Waals surface area contributed by atoms with Gasteiger partial charge in [-0.2, -0.15) is 0 Å². The third-order valence-corrected chi connectivity index (χ3v) is 5.97. The van der Waals surface area contributed by atoms with Gasteiger partial charge in [-0.05, 0) is 75.4 Å². The normalized spacial score (nSPS) is 11.5. The summed E-state index contributed by atoms with van der Waals surface area (Å²) in [5.41, 5.74) is 6.69. The highest BCUT2D eigenvalue weighted by molar-refractivity contribution is 5.97. The van der Waals surface area contributed by atoms with Gasteiger partial charge in [0.25, 0.3) is 11.8 Å². The summed E-state index contributed by atoms with van der Waals surface area (Å²) in [6, 6.07) is 13.3. The number of benzene rings is 3. The third kappa shape index (κ3) is 6.99. The van der Waals surface area contributed by atoms with Gasteiger partial charge in [0.15, 0.2) is 11.5 Å². The molecule has 0 bridgehead atoms. The zero-order chi connectivity index (χ0) is 29.6. The Hall–Kier alpha value is -4.80. The largest absolute Gasteiger partial charge is 0.508 e. The van der Waals surface area contributed by atoms with Crippen molar-refractivity contribution < 1.29 is 28.6 Å². The lowest BCUT2D eigenvalue weighted by Gasteiger charge is -2.32. The summed E-state index contributed by atoms with van der Waals surface area (Å²) in [5, 5.41) is 22.4. The van der Waals surface area contributed by atoms with Gasteiger partial charge in [0.1, 0.15) is 23.4 Å². The summed E-state index contributed by atoms with van der Waals surface area (Å²) >= 11 is 0. The van der Waals surface area contributed by atoms with Gasteiger partial charge in [-0.3, -0.25) is 25.0 Å². The number of carbonyl (C=O) groups is 2. The lowest BCUT2D eigenvalue weighted by Crippen LogP contribution is -2.48. The molecule has 40 heavy (non-hydrogen) atoms. The number of halogens is 1. The highest BCUT2D eigenvalue weighted by atomic mass is 19.1. The van der Waals surface area contributed by atoms with Crippen molar-refractivity contribution in [3.05, 3.63) is 83.2 Å². The molecule has 11 heteroatoms. The maximum absolute atomic E-state index is 15.6. The highest BCUT2D eigenvalue weighted by Gasteiger charge is 2.32. The first-order chi connectivity index (χ1) is 18.9. The number of hydrogen-bond acceptors (Lipinski definition) is 7. The monoisotopic (exact) mass is 551 g/mol. The van der Waals surface area contributed by atoms with Gasteiger partial charge in [-0.15, -0.1) is 0 Å². The summed E-state index contributed by atoms with van der Waals surface area (Å²) in [7, 11) is 2.80. The maximum atomic E-state index is 15.6. The number of carbonyl (C=O) groups excluding carboxylic acids is 2. The number of phenolic OH excluding ortho intramolecular Hbond substituents is 1. The molecule has 3 rings (SSSR count). The number of hydrazine groups is 1. The molecule has 0 aromatic heterocycles. The molecule has 3 aromatic carbocycles. The zero-order valence-electron chi connectivity index (χ0n) is 23.1. The topological polar surface area (TPSA) is 141 Å². The molecule has 0 fully saturated rings. The fraction of sp³-hybridized carbons (Fsp3) is 0.276. The van der Waals surface area contributed by atoms with E-state index in [4.69, 9.17) is 20.6 Å². The van der Waals surface area contributed by atoms with Crippen LogP contribution in [0.4, 0.5) is 10.1 Å². The summed E-state index contributed by atoms with van der Waals surface area (Å²) in [5.74, 6) is -1.55. The van der Waals surface area contributed by atoms with Gasteiger partial charge in [-0.25, -0.2) is 4.39 Å². The highest BCUT2D eigenvalue weighted by Crippen LogP contribution is 2.35. The van der Waals surface area contributed by atoms with Gasteiger partial charge >= 0.3 is 0 Å². The van der Waals surface area contributed by atoms with E-state index in [2.05, 4.69) is 5.32 Å². The van der Waals surface area contributed by atoms with Crippen molar-refractivity contribution in [1.82, 2.24) is 10.0 Å². The van der Waals surface area contributed by atoms with Crippen molar-refractivity contribution in [2.75, 3.05) is 26.0 Å². The van der Waals surface area contributed by atoms with Crippen LogP contribution in [0.1, 0.15) is 48.3 Å². The molecule has 0 spiro atoms. The van der Waals surface area contributed by atoms with Crippen LogP contribution in [0.25, 0.3) is 0 Å². The fourth-order valence-corrected chi connectivity index (χ4v) is 3.83. The van der Waals surface area contributed by atoms with Crippen LogP contribution in [0.3, 0.4) is 0 Å². The fourth-order valence-electron chi connectivity index (χ4n) is 3.83. The number of nitrogens with two attached hydrogens (primary N) is 1. The van der Waals surface area contributed by atoms with Crippen molar-refractivity contribution in [1.29, 1.82) is 5.41 Å². The van der Waals surface area contributed by atoms with Gasteiger partial charge in [-0.1, -0.05) is 0 Å². The molecule has 0 radical (unpaired) electrons. The summed E-state index contributed by atoms with van der Waals surface area (Å²) in [6.45, 7) is 5.66. The van der Waals surface area contributed by atoms with Crippen molar-refractivity contribution in [2.45, 2.75) is 32.9 Å². The maximum Gasteiger partial charge on any atom is 0.272 e. The molecule has 1 unspecified atom stereocenters. The van der Waals surface area contributed by atoms with Gasteiger partial charge in [0.2, 0.25) is 0 Å². The third-order valence-electron chi connectivity index (χ3n) is 5.97. The molecule has 0 heterocycles. The molecule has 0 aliphatic rings. The average molecular weight is 552 g/mol. The molecule has 212 valence electrons. The van der Waals surface area contributed by atoms with Crippen LogP contribution in [-0.2, 0) is 4.79 Å². The smallest absolute Gasteiger partial charge is 0.272 e. The quantitative estimate of drug-likeness (QED) is 0.167. The lowest BCUT2D eigenvalue weighted by atomic mass is 10.0. The van der Waals surface area contributed by atoms with Crippen LogP contribution in [0.5, 0.6) is 17.2 Å². The minimum atomic E-state index is -1.30. The average Bonchev–Trinajstić information content (AvgIpc) is 2.92. The first kappa shape index (κ1) is 29.8. The molecular formula is C29H34FN5O5. The number of phenols is 1. The number of aromatic hydroxyl groups is 1. The van der Waals surface area contributed by atoms with Gasteiger partial charge in [0.05, 0.1) is 12.7 Å². The van der Waals surface area contributed by atoms with E-state index in [-0.39, 0.29) is 46.9 Å². The number of anilines is 1. The number of amidine groups is 1. The molecular weight excluding hydrogens is 517 g/mol. The number of nitrogen functional groups attached to an aromatic ring is 1. The van der Waals surface area contributed by atoms with E-state index < -0.39 is 23.7 Å². The van der Waals surface area contributed by atoms with Crippen molar-refractivity contribution in [3.8, 4) is 17.2 Å². The molecule has 0 aliphatic carbocycles. The van der Waals surface area contributed by atoms with E-state index in [0.29, 0.717) is 11.3 Å². The second-order valence-electron chi connectivity index (χ2n) is 9.23. The van der Waals surface area contributed by atoms with Crippen LogP contribution in [0.15, 0.2) is 60.7 Å². The predicted octanol–water partition coefficient (Wildman–Crippen LogP) is 4.30. The van der Waals surface area contributed by atoms with E-state index in [1.807, 2.05) is 0 Å². The number of hydrogen-bond donors (Lipinski definition) is 4. The number of ether oxygens (including phenoxy) is 2. The van der Waals surface area contributed by atoms with E-state index in [1.165, 1.54) is 50.5 Å². The van der Waals surface area contributed by atoms with E-state index >= 15 is 4.39 Å². The number of amides is 2. The van der Waals surface area contributed by atoms with Crippen molar-refractivity contribution >= 4 is 23.3 Å². The first-order valence-corrected chi connectivity index (χ1v) is 12.6. The van der Waals surface area contributed by atoms with Crippen molar-refractivity contribution in [3.63, 3.8) is 0 Å². The van der Waals surface area contributed by atoms with Crippen LogP contribution in [0.2, 0.25) is 0 Å². The van der Waals surface area contributed by atoms with Gasteiger partial charge < -0.3 is 25.6 Å². The second-order valence-corrected chi connectivity index (χ2v) is 9.23. The lowest BCUT2D eigenvalue weighted by molar-refractivity contribution is -0.141. The molecule has 0 saturated carbocycles. The van der Waals surface area contributed by atoms with Crippen LogP contribution in [-0.4, -0.2) is 59.6 Å². The number of nitrogens with one attached hydrogen (secondary N) is 2. The van der Waals surface area contributed by atoms with Crippen LogP contribution in [0, 0.1) is 11.2 Å². The Balaban J connectivity index is 2.04. The molecule has 0 saturated heterocycles.